The average Bonchev–Trinajstić information content (AvgIpc) is 3.42. The lowest BCUT2D eigenvalue weighted by Gasteiger charge is -2.24. The van der Waals surface area contributed by atoms with Crippen LogP contribution in [0.15, 0.2) is 170 Å². The fraction of sp³-hybridized carbons (Fsp3) is 0.0638. The van der Waals surface area contributed by atoms with E-state index in [4.69, 9.17) is 9.97 Å². The van der Waals surface area contributed by atoms with Crippen LogP contribution in [0.3, 0.4) is 0 Å². The molecule has 1 aliphatic carbocycles. The third-order valence-corrected chi connectivity index (χ3v) is 10.1. The lowest BCUT2D eigenvalue weighted by molar-refractivity contribution is 0.662. The van der Waals surface area contributed by atoms with Gasteiger partial charge in [0.1, 0.15) is 0 Å². The summed E-state index contributed by atoms with van der Waals surface area (Å²) in [6.45, 7) is 4.75. The first-order chi connectivity index (χ1) is 24.0. The number of hydrogen-bond acceptors (Lipinski definition) is 2. The normalized spacial score (nSPS) is 12.9. The van der Waals surface area contributed by atoms with Gasteiger partial charge in [0.2, 0.25) is 0 Å². The van der Waals surface area contributed by atoms with Gasteiger partial charge in [-0.15, -0.1) is 0 Å². The fourth-order valence-electron chi connectivity index (χ4n) is 7.66. The van der Waals surface area contributed by atoms with Gasteiger partial charge >= 0.3 is 0 Å². The van der Waals surface area contributed by atoms with Gasteiger partial charge in [-0.05, 0) is 67.4 Å². The standard InChI is InChI=1S/C47H34N2/c1-47(2)41-28-27-32-13-9-10-20-38(32)44(41)40-22-12-21-39(45(40)47)37-19-11-18-36(29-37)31-23-25-34(26-24-31)43-30-42(33-14-5-3-6-15-33)48-46(49-43)35-16-7-4-8-17-35/h3-30H,1-2H3. The second-order valence-electron chi connectivity index (χ2n) is 13.4. The van der Waals surface area contributed by atoms with Crippen LogP contribution in [0.4, 0.5) is 0 Å². The van der Waals surface area contributed by atoms with E-state index in [1.54, 1.807) is 0 Å². The molecule has 1 aliphatic rings. The molecule has 8 aromatic rings. The van der Waals surface area contributed by atoms with Crippen molar-refractivity contribution in [2.24, 2.45) is 0 Å². The topological polar surface area (TPSA) is 25.8 Å². The first-order valence-corrected chi connectivity index (χ1v) is 16.9. The van der Waals surface area contributed by atoms with Crippen molar-refractivity contribution in [2.45, 2.75) is 19.3 Å². The minimum atomic E-state index is -0.113. The summed E-state index contributed by atoms with van der Waals surface area (Å²) in [6, 6.07) is 60.6. The molecule has 7 aromatic carbocycles. The smallest absolute Gasteiger partial charge is 0.160 e. The Labute approximate surface area is 287 Å². The summed E-state index contributed by atoms with van der Waals surface area (Å²) in [5.41, 5.74) is 15.3. The van der Waals surface area contributed by atoms with E-state index in [1.165, 1.54) is 55.3 Å². The van der Waals surface area contributed by atoms with E-state index in [0.29, 0.717) is 0 Å². The van der Waals surface area contributed by atoms with Crippen LogP contribution in [0.5, 0.6) is 0 Å². The summed E-state index contributed by atoms with van der Waals surface area (Å²) in [6.07, 6.45) is 0. The van der Waals surface area contributed by atoms with Crippen LogP contribution in [0, 0.1) is 0 Å². The molecule has 0 fully saturated rings. The molecule has 0 amide bonds. The molecular weight excluding hydrogens is 593 g/mol. The Morgan fingerprint density at radius 3 is 1.73 bits per heavy atom. The monoisotopic (exact) mass is 626 g/mol. The highest BCUT2D eigenvalue weighted by Crippen LogP contribution is 2.54. The Morgan fingerprint density at radius 2 is 0.980 bits per heavy atom. The van der Waals surface area contributed by atoms with Crippen molar-refractivity contribution in [1.82, 2.24) is 9.97 Å². The first-order valence-electron chi connectivity index (χ1n) is 16.9. The largest absolute Gasteiger partial charge is 0.228 e. The van der Waals surface area contributed by atoms with Gasteiger partial charge in [0, 0.05) is 22.1 Å². The maximum atomic E-state index is 5.03. The predicted octanol–water partition coefficient (Wildman–Crippen LogP) is 12.3. The van der Waals surface area contributed by atoms with E-state index in [2.05, 4.69) is 147 Å². The van der Waals surface area contributed by atoms with Crippen molar-refractivity contribution in [1.29, 1.82) is 0 Å². The highest BCUT2D eigenvalue weighted by molar-refractivity contribution is 6.04. The summed E-state index contributed by atoms with van der Waals surface area (Å²) in [7, 11) is 0. The van der Waals surface area contributed by atoms with E-state index in [1.807, 2.05) is 36.4 Å². The van der Waals surface area contributed by atoms with E-state index in [9.17, 15) is 0 Å². The Bertz CT molecular complexity index is 2440. The van der Waals surface area contributed by atoms with Crippen LogP contribution in [0.1, 0.15) is 25.0 Å². The number of fused-ring (bicyclic) bond motifs is 5. The minimum Gasteiger partial charge on any atom is -0.228 e. The van der Waals surface area contributed by atoms with Crippen molar-refractivity contribution in [2.75, 3.05) is 0 Å². The molecule has 0 saturated carbocycles. The van der Waals surface area contributed by atoms with Crippen molar-refractivity contribution in [3.8, 4) is 67.3 Å². The number of aromatic nitrogens is 2. The summed E-state index contributed by atoms with van der Waals surface area (Å²) in [4.78, 5) is 9.98. The molecule has 0 atom stereocenters. The van der Waals surface area contributed by atoms with Gasteiger partial charge in [-0.25, -0.2) is 9.97 Å². The van der Waals surface area contributed by atoms with Crippen LogP contribution < -0.4 is 0 Å². The molecule has 0 bridgehead atoms. The first kappa shape index (κ1) is 29.1. The summed E-state index contributed by atoms with van der Waals surface area (Å²) >= 11 is 0. The average molecular weight is 627 g/mol. The van der Waals surface area contributed by atoms with Gasteiger partial charge in [-0.3, -0.25) is 0 Å². The Kier molecular flexibility index (Phi) is 6.84. The number of hydrogen-bond donors (Lipinski definition) is 0. The maximum absolute atomic E-state index is 5.03. The highest BCUT2D eigenvalue weighted by Gasteiger charge is 2.38. The Morgan fingerprint density at radius 1 is 0.408 bits per heavy atom. The lowest BCUT2D eigenvalue weighted by atomic mass is 9.78. The van der Waals surface area contributed by atoms with E-state index in [-0.39, 0.29) is 5.41 Å². The predicted molar refractivity (Wildman–Crippen MR) is 204 cm³/mol. The molecule has 1 heterocycles. The van der Waals surface area contributed by atoms with Gasteiger partial charge in [-0.1, -0.05) is 172 Å². The van der Waals surface area contributed by atoms with Crippen molar-refractivity contribution in [3.05, 3.63) is 181 Å². The summed E-state index contributed by atoms with van der Waals surface area (Å²) in [5.74, 6) is 0.724. The SMILES string of the molecule is CC1(C)c2ccc3ccccc3c2-c2cccc(-c3cccc(-c4ccc(-c5cc(-c6ccccc6)nc(-c6ccccc6)n5)cc4)c3)c21. The molecule has 0 radical (unpaired) electrons. The van der Waals surface area contributed by atoms with Gasteiger partial charge in [0.05, 0.1) is 11.4 Å². The zero-order valence-electron chi connectivity index (χ0n) is 27.6. The second-order valence-corrected chi connectivity index (χ2v) is 13.4. The Hall–Kier alpha value is -6.12. The van der Waals surface area contributed by atoms with Crippen molar-refractivity contribution < 1.29 is 0 Å². The molecule has 9 rings (SSSR count). The Balaban J connectivity index is 1.10. The fourth-order valence-corrected chi connectivity index (χ4v) is 7.66. The van der Waals surface area contributed by atoms with Gasteiger partial charge < -0.3 is 0 Å². The van der Waals surface area contributed by atoms with Gasteiger partial charge in [0.25, 0.3) is 0 Å². The van der Waals surface area contributed by atoms with Crippen LogP contribution in [0.25, 0.3) is 78.1 Å². The van der Waals surface area contributed by atoms with Gasteiger partial charge in [0.15, 0.2) is 5.82 Å². The summed E-state index contributed by atoms with van der Waals surface area (Å²) in [5, 5.41) is 2.61. The van der Waals surface area contributed by atoms with Crippen LogP contribution >= 0.6 is 0 Å². The van der Waals surface area contributed by atoms with Crippen LogP contribution in [-0.4, -0.2) is 9.97 Å². The van der Waals surface area contributed by atoms with Crippen molar-refractivity contribution >= 4 is 10.8 Å². The van der Waals surface area contributed by atoms with E-state index < -0.39 is 0 Å². The molecule has 1 aromatic heterocycles. The van der Waals surface area contributed by atoms with Crippen LogP contribution in [-0.2, 0) is 5.41 Å². The van der Waals surface area contributed by atoms with Gasteiger partial charge in [-0.2, -0.15) is 0 Å². The number of rotatable bonds is 5. The zero-order valence-corrected chi connectivity index (χ0v) is 27.6. The van der Waals surface area contributed by atoms with Crippen LogP contribution in [0.2, 0.25) is 0 Å². The molecular formula is C47H34N2. The number of benzene rings is 7. The zero-order chi connectivity index (χ0) is 33.0. The molecule has 0 saturated heterocycles. The lowest BCUT2D eigenvalue weighted by Crippen LogP contribution is -2.16. The molecule has 0 unspecified atom stereocenters. The number of nitrogens with zero attached hydrogens (tertiary/aromatic N) is 2. The third kappa shape index (κ3) is 4.96. The third-order valence-electron chi connectivity index (χ3n) is 10.1. The second kappa shape index (κ2) is 11.5. The molecule has 2 heteroatoms. The van der Waals surface area contributed by atoms with E-state index in [0.717, 1.165) is 33.9 Å². The molecule has 0 N–H and O–H groups in total. The molecule has 0 spiro atoms. The highest BCUT2D eigenvalue weighted by atomic mass is 14.9. The molecule has 0 aliphatic heterocycles. The summed E-state index contributed by atoms with van der Waals surface area (Å²) < 4.78 is 0. The molecule has 2 nitrogen and oxygen atoms in total. The quantitative estimate of drug-likeness (QED) is 0.190. The maximum Gasteiger partial charge on any atom is 0.160 e. The minimum absolute atomic E-state index is 0.113. The van der Waals surface area contributed by atoms with E-state index >= 15 is 0 Å². The molecule has 49 heavy (non-hydrogen) atoms. The van der Waals surface area contributed by atoms with Crippen molar-refractivity contribution in [3.63, 3.8) is 0 Å². The molecule has 232 valence electrons.